The Kier molecular flexibility index (Phi) is 3.55. The van der Waals surface area contributed by atoms with Crippen LogP contribution in [0.5, 0.6) is 0 Å². The largest absolute Gasteiger partial charge is 0.366 e. The second-order valence-electron chi connectivity index (χ2n) is 3.65. The van der Waals surface area contributed by atoms with E-state index in [1.165, 1.54) is 12.1 Å². The number of benzene rings is 2. The molecule has 0 aliphatic carbocycles. The first-order valence-electron chi connectivity index (χ1n) is 5.04. The van der Waals surface area contributed by atoms with E-state index in [2.05, 4.69) is 0 Å². The van der Waals surface area contributed by atoms with E-state index in [1.54, 1.807) is 18.2 Å². The number of primary amides is 1. The number of nitrogens with two attached hydrogens (primary N) is 1. The first-order chi connectivity index (χ1) is 8.50. The summed E-state index contributed by atoms with van der Waals surface area (Å²) in [5.41, 5.74) is 6.11. The van der Waals surface area contributed by atoms with Crippen LogP contribution in [0.25, 0.3) is 11.1 Å². The summed E-state index contributed by atoms with van der Waals surface area (Å²) >= 11 is 12.1. The van der Waals surface area contributed by atoms with Crippen molar-refractivity contribution in [2.24, 2.45) is 5.73 Å². The van der Waals surface area contributed by atoms with Crippen LogP contribution in [-0.4, -0.2) is 5.91 Å². The van der Waals surface area contributed by atoms with E-state index < -0.39 is 11.7 Å². The molecule has 0 fully saturated rings. The maximum atomic E-state index is 13.3. The Balaban J connectivity index is 2.77. The number of carbonyl (C=O) groups is 1. The van der Waals surface area contributed by atoms with Crippen LogP contribution in [-0.2, 0) is 0 Å². The van der Waals surface area contributed by atoms with Crippen LogP contribution in [0.1, 0.15) is 10.4 Å². The zero-order valence-corrected chi connectivity index (χ0v) is 10.6. The summed E-state index contributed by atoms with van der Waals surface area (Å²) in [5.74, 6) is -1.16. The van der Waals surface area contributed by atoms with Gasteiger partial charge in [0.25, 0.3) is 0 Å². The Morgan fingerprint density at radius 2 is 1.72 bits per heavy atom. The Labute approximate surface area is 113 Å². The number of hydrogen-bond donors (Lipinski definition) is 1. The highest BCUT2D eigenvalue weighted by Gasteiger charge is 2.16. The van der Waals surface area contributed by atoms with Crippen molar-refractivity contribution in [1.82, 2.24) is 0 Å². The third kappa shape index (κ3) is 2.33. The van der Waals surface area contributed by atoms with E-state index in [4.69, 9.17) is 28.9 Å². The van der Waals surface area contributed by atoms with Crippen LogP contribution in [0, 0.1) is 5.82 Å². The first-order valence-corrected chi connectivity index (χ1v) is 5.80. The molecule has 2 nitrogen and oxygen atoms in total. The molecule has 5 heteroatoms. The minimum absolute atomic E-state index is 0.173. The van der Waals surface area contributed by atoms with Gasteiger partial charge in [0.1, 0.15) is 5.82 Å². The predicted molar refractivity (Wildman–Crippen MR) is 70.4 cm³/mol. The average Bonchev–Trinajstić information content (AvgIpc) is 2.28. The number of amides is 1. The van der Waals surface area contributed by atoms with E-state index in [0.717, 1.165) is 6.07 Å². The van der Waals surface area contributed by atoms with Gasteiger partial charge in [0.05, 0.1) is 0 Å². The quantitative estimate of drug-likeness (QED) is 0.893. The highest BCUT2D eigenvalue weighted by molar-refractivity contribution is 6.39. The van der Waals surface area contributed by atoms with Crippen LogP contribution < -0.4 is 5.73 Å². The van der Waals surface area contributed by atoms with E-state index >= 15 is 0 Å². The van der Waals surface area contributed by atoms with E-state index in [1.807, 2.05) is 0 Å². The number of hydrogen-bond acceptors (Lipinski definition) is 1. The summed E-state index contributed by atoms with van der Waals surface area (Å²) in [6.45, 7) is 0. The highest BCUT2D eigenvalue weighted by atomic mass is 35.5. The van der Waals surface area contributed by atoms with Crippen LogP contribution in [0.4, 0.5) is 4.39 Å². The molecule has 2 aromatic carbocycles. The molecule has 2 rings (SSSR count). The molecular weight excluding hydrogens is 276 g/mol. The zero-order valence-electron chi connectivity index (χ0n) is 9.08. The summed E-state index contributed by atoms with van der Waals surface area (Å²) in [4.78, 5) is 11.3. The van der Waals surface area contributed by atoms with Gasteiger partial charge in [-0.2, -0.15) is 0 Å². The SMILES string of the molecule is NC(=O)c1ccc(F)cc1-c1c(Cl)cccc1Cl. The van der Waals surface area contributed by atoms with Crippen LogP contribution in [0.3, 0.4) is 0 Å². The Hall–Kier alpha value is -1.58. The summed E-state index contributed by atoms with van der Waals surface area (Å²) in [5, 5.41) is 0.659. The fourth-order valence-corrected chi connectivity index (χ4v) is 2.29. The zero-order chi connectivity index (χ0) is 13.3. The number of halogens is 3. The van der Waals surface area contributed by atoms with Gasteiger partial charge < -0.3 is 5.73 Å². The molecule has 0 radical (unpaired) electrons. The topological polar surface area (TPSA) is 43.1 Å². The van der Waals surface area contributed by atoms with Crippen LogP contribution >= 0.6 is 23.2 Å². The standard InChI is InChI=1S/C13H8Cl2FNO/c14-10-2-1-3-11(15)12(10)9-6-7(16)4-5-8(9)13(17)18/h1-6H,(H2,17,18). The van der Waals surface area contributed by atoms with Gasteiger partial charge in [0, 0.05) is 26.7 Å². The lowest BCUT2D eigenvalue weighted by Gasteiger charge is -2.10. The molecule has 0 aromatic heterocycles. The van der Waals surface area contributed by atoms with Crippen LogP contribution in [0.2, 0.25) is 10.0 Å². The van der Waals surface area contributed by atoms with Gasteiger partial charge in [-0.3, -0.25) is 4.79 Å². The second kappa shape index (κ2) is 4.96. The summed E-state index contributed by atoms with van der Waals surface area (Å²) in [6.07, 6.45) is 0. The Bertz CT molecular complexity index is 608. The average molecular weight is 284 g/mol. The summed E-state index contributed by atoms with van der Waals surface area (Å²) in [7, 11) is 0. The molecule has 0 aliphatic heterocycles. The molecule has 2 N–H and O–H groups in total. The molecule has 0 atom stereocenters. The molecule has 2 aromatic rings. The molecule has 18 heavy (non-hydrogen) atoms. The maximum Gasteiger partial charge on any atom is 0.249 e. The smallest absolute Gasteiger partial charge is 0.249 e. The van der Waals surface area contributed by atoms with Crippen molar-refractivity contribution in [1.29, 1.82) is 0 Å². The monoisotopic (exact) mass is 283 g/mol. The van der Waals surface area contributed by atoms with Crippen molar-refractivity contribution in [3.63, 3.8) is 0 Å². The lowest BCUT2D eigenvalue weighted by Crippen LogP contribution is -2.12. The van der Waals surface area contributed by atoms with Crippen molar-refractivity contribution >= 4 is 29.1 Å². The van der Waals surface area contributed by atoms with Crippen molar-refractivity contribution in [3.8, 4) is 11.1 Å². The number of rotatable bonds is 2. The van der Waals surface area contributed by atoms with Gasteiger partial charge in [-0.15, -0.1) is 0 Å². The third-order valence-corrected chi connectivity index (χ3v) is 3.11. The molecule has 0 saturated heterocycles. The molecule has 1 amide bonds. The van der Waals surface area contributed by atoms with Gasteiger partial charge in [-0.1, -0.05) is 29.3 Å². The fraction of sp³-hybridized carbons (Fsp3) is 0. The van der Waals surface area contributed by atoms with E-state index in [9.17, 15) is 9.18 Å². The van der Waals surface area contributed by atoms with Gasteiger partial charge in [-0.25, -0.2) is 4.39 Å². The highest BCUT2D eigenvalue weighted by Crippen LogP contribution is 2.36. The maximum absolute atomic E-state index is 13.3. The predicted octanol–water partition coefficient (Wildman–Crippen LogP) is 3.90. The fourth-order valence-electron chi connectivity index (χ4n) is 1.69. The summed E-state index contributed by atoms with van der Waals surface area (Å²) in [6, 6.07) is 8.54. The van der Waals surface area contributed by atoms with Crippen molar-refractivity contribution in [2.75, 3.05) is 0 Å². The van der Waals surface area contributed by atoms with Crippen LogP contribution in [0.15, 0.2) is 36.4 Å². The van der Waals surface area contributed by atoms with Crippen molar-refractivity contribution in [2.45, 2.75) is 0 Å². The number of carbonyl (C=O) groups excluding carboxylic acids is 1. The normalized spacial score (nSPS) is 10.4. The molecule has 0 unspecified atom stereocenters. The summed E-state index contributed by atoms with van der Waals surface area (Å²) < 4.78 is 13.3. The van der Waals surface area contributed by atoms with E-state index in [0.29, 0.717) is 15.6 Å². The Morgan fingerprint density at radius 3 is 2.28 bits per heavy atom. The molecule has 0 bridgehead atoms. The molecule has 92 valence electrons. The molecule has 0 aliphatic rings. The second-order valence-corrected chi connectivity index (χ2v) is 4.47. The minimum atomic E-state index is -0.666. The first kappa shape index (κ1) is 12.9. The lowest BCUT2D eigenvalue weighted by molar-refractivity contribution is 0.100. The third-order valence-electron chi connectivity index (χ3n) is 2.48. The molecule has 0 saturated carbocycles. The van der Waals surface area contributed by atoms with Gasteiger partial charge in [0.15, 0.2) is 0 Å². The van der Waals surface area contributed by atoms with Gasteiger partial charge >= 0.3 is 0 Å². The van der Waals surface area contributed by atoms with Crippen molar-refractivity contribution in [3.05, 3.63) is 57.8 Å². The van der Waals surface area contributed by atoms with E-state index in [-0.39, 0.29) is 11.1 Å². The molecule has 0 spiro atoms. The van der Waals surface area contributed by atoms with Gasteiger partial charge in [0.2, 0.25) is 5.91 Å². The minimum Gasteiger partial charge on any atom is -0.366 e. The van der Waals surface area contributed by atoms with Crippen molar-refractivity contribution < 1.29 is 9.18 Å². The Morgan fingerprint density at radius 1 is 1.11 bits per heavy atom. The lowest BCUT2D eigenvalue weighted by atomic mass is 9.99. The molecular formula is C13H8Cl2FNO. The molecule has 0 heterocycles. The van der Waals surface area contributed by atoms with Gasteiger partial charge in [-0.05, 0) is 30.3 Å².